The summed E-state index contributed by atoms with van der Waals surface area (Å²) in [6, 6.07) is 4.30. The maximum atomic E-state index is 10.7. The number of phenolic OH excluding ortho intramolecular Hbond substituents is 1. The van der Waals surface area contributed by atoms with E-state index in [4.69, 9.17) is 0 Å². The fraction of sp³-hybridized carbons (Fsp3) is 0. The van der Waals surface area contributed by atoms with E-state index >= 15 is 0 Å². The fourth-order valence-corrected chi connectivity index (χ4v) is 1.02. The van der Waals surface area contributed by atoms with Crippen molar-refractivity contribution in [3.8, 4) is 11.8 Å². The number of phenols is 1. The van der Waals surface area contributed by atoms with Crippen LogP contribution in [0.1, 0.15) is 0 Å². The SMILES string of the molecule is [Li+].[O-]c1ncc2cccc(O)c2n1. The number of hydrogen-bond acceptors (Lipinski definition) is 4. The van der Waals surface area contributed by atoms with Crippen LogP contribution in [0.2, 0.25) is 0 Å². The number of aromatic nitrogens is 2. The van der Waals surface area contributed by atoms with Crippen LogP contribution in [0.4, 0.5) is 0 Å². The summed E-state index contributed by atoms with van der Waals surface area (Å²) in [5, 5.41) is 20.6. The molecule has 1 aromatic heterocycles. The van der Waals surface area contributed by atoms with Gasteiger partial charge in [0.15, 0.2) is 0 Å². The van der Waals surface area contributed by atoms with Crippen molar-refractivity contribution in [1.82, 2.24) is 9.97 Å². The van der Waals surface area contributed by atoms with E-state index in [0.29, 0.717) is 10.9 Å². The van der Waals surface area contributed by atoms with Crippen LogP contribution >= 0.6 is 0 Å². The van der Waals surface area contributed by atoms with Crippen molar-refractivity contribution in [3.63, 3.8) is 0 Å². The van der Waals surface area contributed by atoms with Gasteiger partial charge in [0, 0.05) is 11.6 Å². The summed E-state index contributed by atoms with van der Waals surface area (Å²) in [4.78, 5) is 7.03. The first kappa shape index (κ1) is 9.84. The van der Waals surface area contributed by atoms with E-state index in [-0.39, 0.29) is 24.6 Å². The summed E-state index contributed by atoms with van der Waals surface area (Å²) >= 11 is 0. The number of benzene rings is 1. The zero-order chi connectivity index (χ0) is 8.55. The minimum atomic E-state index is -0.580. The molecule has 1 heterocycles. The molecule has 0 radical (unpaired) electrons. The van der Waals surface area contributed by atoms with Crippen LogP contribution in [0, 0.1) is 0 Å². The van der Waals surface area contributed by atoms with Crippen LogP contribution in [-0.4, -0.2) is 15.1 Å². The van der Waals surface area contributed by atoms with E-state index in [9.17, 15) is 10.2 Å². The molecule has 0 fully saturated rings. The molecule has 5 heteroatoms. The average molecular weight is 168 g/mol. The molecule has 0 aliphatic heterocycles. The third kappa shape index (κ3) is 1.74. The zero-order valence-electron chi connectivity index (χ0n) is 7.06. The van der Waals surface area contributed by atoms with E-state index in [1.54, 1.807) is 12.1 Å². The molecule has 60 valence electrons. The summed E-state index contributed by atoms with van der Waals surface area (Å²) in [5.74, 6) is 0.00648. The monoisotopic (exact) mass is 168 g/mol. The minimum absolute atomic E-state index is 0. The predicted octanol–water partition coefficient (Wildman–Crippen LogP) is -2.59. The van der Waals surface area contributed by atoms with Crippen molar-refractivity contribution in [2.24, 2.45) is 0 Å². The zero-order valence-corrected chi connectivity index (χ0v) is 7.06. The van der Waals surface area contributed by atoms with E-state index in [0.717, 1.165) is 0 Å². The smallest absolute Gasteiger partial charge is 0.844 e. The number of rotatable bonds is 0. The van der Waals surface area contributed by atoms with Crippen LogP contribution in [-0.2, 0) is 0 Å². The second kappa shape index (κ2) is 3.65. The Kier molecular flexibility index (Phi) is 2.76. The Morgan fingerprint density at radius 2 is 2.08 bits per heavy atom. The van der Waals surface area contributed by atoms with Crippen molar-refractivity contribution in [2.45, 2.75) is 0 Å². The number of aromatic hydroxyl groups is 1. The van der Waals surface area contributed by atoms with Gasteiger partial charge in [0.1, 0.15) is 11.3 Å². The van der Waals surface area contributed by atoms with Crippen molar-refractivity contribution >= 4 is 10.9 Å². The van der Waals surface area contributed by atoms with Gasteiger partial charge < -0.3 is 10.2 Å². The Labute approximate surface area is 86.4 Å². The Morgan fingerprint density at radius 3 is 2.85 bits per heavy atom. The maximum absolute atomic E-state index is 10.7. The third-order valence-electron chi connectivity index (χ3n) is 1.57. The molecule has 0 aliphatic rings. The van der Waals surface area contributed by atoms with Crippen LogP contribution in [0.15, 0.2) is 24.4 Å². The van der Waals surface area contributed by atoms with Crippen molar-refractivity contribution in [2.75, 3.05) is 0 Å². The van der Waals surface area contributed by atoms with E-state index in [1.165, 1.54) is 12.3 Å². The molecule has 0 spiro atoms. The van der Waals surface area contributed by atoms with Crippen molar-refractivity contribution in [3.05, 3.63) is 24.4 Å². The Bertz CT molecular complexity index is 433. The molecule has 1 aromatic carbocycles. The van der Waals surface area contributed by atoms with Gasteiger partial charge in [-0.1, -0.05) is 12.1 Å². The van der Waals surface area contributed by atoms with Crippen molar-refractivity contribution < 1.29 is 29.1 Å². The van der Waals surface area contributed by atoms with Gasteiger partial charge in [-0.05, 0) is 6.07 Å². The summed E-state index contributed by atoms with van der Waals surface area (Å²) in [6.07, 6.45) is 1.39. The summed E-state index contributed by atoms with van der Waals surface area (Å²) in [6.45, 7) is 0. The third-order valence-corrected chi connectivity index (χ3v) is 1.57. The van der Waals surface area contributed by atoms with Gasteiger partial charge in [-0.15, -0.1) is 0 Å². The standard InChI is InChI=1S/C8H6N2O2.Li/c11-6-3-1-2-5-4-9-8(12)10-7(5)6;/h1-4,11H,(H,9,10,12);/q;+1/p-1. The normalized spacial score (nSPS) is 9.54. The predicted molar refractivity (Wildman–Crippen MR) is 40.6 cm³/mol. The second-order valence-corrected chi connectivity index (χ2v) is 2.37. The molecule has 0 aliphatic carbocycles. The van der Waals surface area contributed by atoms with E-state index in [1.807, 2.05) is 0 Å². The topological polar surface area (TPSA) is 69.1 Å². The van der Waals surface area contributed by atoms with Gasteiger partial charge in [0.2, 0.25) is 0 Å². The molecule has 13 heavy (non-hydrogen) atoms. The Balaban J connectivity index is 0.000000845. The van der Waals surface area contributed by atoms with Crippen LogP contribution < -0.4 is 24.0 Å². The first-order chi connectivity index (χ1) is 5.77. The Morgan fingerprint density at radius 1 is 1.31 bits per heavy atom. The van der Waals surface area contributed by atoms with Gasteiger partial charge in [-0.25, -0.2) is 4.98 Å². The molecule has 2 aromatic rings. The van der Waals surface area contributed by atoms with Gasteiger partial charge in [-0.3, -0.25) is 4.98 Å². The molecule has 0 unspecified atom stereocenters. The number of nitrogens with zero attached hydrogens (tertiary/aromatic N) is 2. The minimum Gasteiger partial charge on any atom is -0.844 e. The number of hydrogen-bond donors (Lipinski definition) is 1. The molecule has 1 N–H and O–H groups in total. The largest absolute Gasteiger partial charge is 1.00 e. The first-order valence-corrected chi connectivity index (χ1v) is 3.39. The quantitative estimate of drug-likeness (QED) is 0.438. The van der Waals surface area contributed by atoms with E-state index < -0.39 is 6.01 Å². The first-order valence-electron chi connectivity index (χ1n) is 3.39. The van der Waals surface area contributed by atoms with Gasteiger partial charge in [0.25, 0.3) is 0 Å². The number of para-hydroxylation sites is 1. The number of fused-ring (bicyclic) bond motifs is 1. The fourth-order valence-electron chi connectivity index (χ4n) is 1.02. The molecule has 0 saturated carbocycles. The van der Waals surface area contributed by atoms with Crippen LogP contribution in [0.3, 0.4) is 0 Å². The van der Waals surface area contributed by atoms with E-state index in [2.05, 4.69) is 9.97 Å². The van der Waals surface area contributed by atoms with Crippen molar-refractivity contribution in [1.29, 1.82) is 0 Å². The maximum Gasteiger partial charge on any atom is 1.00 e. The Hall–Kier alpha value is -1.24. The summed E-state index contributed by atoms with van der Waals surface area (Å²) < 4.78 is 0. The molecular formula is C8H5LiN2O2. The molecule has 4 nitrogen and oxygen atoms in total. The van der Waals surface area contributed by atoms with Crippen LogP contribution in [0.5, 0.6) is 11.8 Å². The molecule has 0 amide bonds. The molecular weight excluding hydrogens is 163 g/mol. The summed E-state index contributed by atoms with van der Waals surface area (Å²) in [7, 11) is 0. The molecule has 2 rings (SSSR count). The molecule has 0 saturated heterocycles. The summed E-state index contributed by atoms with van der Waals surface area (Å²) in [5.41, 5.74) is 0.303. The second-order valence-electron chi connectivity index (χ2n) is 2.37. The van der Waals surface area contributed by atoms with Crippen LogP contribution in [0.25, 0.3) is 10.9 Å². The average Bonchev–Trinajstić information content (AvgIpc) is 2.07. The van der Waals surface area contributed by atoms with Gasteiger partial charge >= 0.3 is 18.9 Å². The van der Waals surface area contributed by atoms with Gasteiger partial charge in [-0.2, -0.15) is 0 Å². The molecule has 0 atom stereocenters. The van der Waals surface area contributed by atoms with Gasteiger partial charge in [0.05, 0.1) is 6.01 Å². The molecule has 0 bridgehead atoms.